The monoisotopic (exact) mass is 298 g/mol. The lowest BCUT2D eigenvalue weighted by atomic mass is 10.0. The molecule has 1 aliphatic heterocycles. The second-order valence-electron chi connectivity index (χ2n) is 5.56. The lowest BCUT2D eigenvalue weighted by Crippen LogP contribution is -2.42. The number of phenolic OH excluding ortho intramolecular Hbond substituents is 1. The molecule has 7 nitrogen and oxygen atoms in total. The molecule has 1 amide bonds. The average molecular weight is 298 g/mol. The zero-order valence-corrected chi connectivity index (χ0v) is 11.5. The predicted octanol–water partition coefficient (Wildman–Crippen LogP) is 1.37. The Bertz CT molecular complexity index is 611. The van der Waals surface area contributed by atoms with Crippen LogP contribution in [0.3, 0.4) is 0 Å². The number of fused-ring (bicyclic) bond motifs is 1. The highest BCUT2D eigenvalue weighted by Crippen LogP contribution is 2.34. The summed E-state index contributed by atoms with van der Waals surface area (Å²) < 4.78 is 13.8. The van der Waals surface area contributed by atoms with Gasteiger partial charge in [-0.2, -0.15) is 0 Å². The molecular weight excluding hydrogens is 283 g/mol. The molecule has 1 aliphatic rings. The van der Waals surface area contributed by atoms with Gasteiger partial charge in [-0.25, -0.2) is 4.39 Å². The van der Waals surface area contributed by atoms with E-state index in [4.69, 9.17) is 0 Å². The van der Waals surface area contributed by atoms with Crippen LogP contribution in [0.1, 0.15) is 29.8 Å². The van der Waals surface area contributed by atoms with E-state index in [0.29, 0.717) is 5.56 Å². The number of benzene rings is 1. The lowest BCUT2D eigenvalue weighted by molar-refractivity contribution is -0.385. The minimum absolute atomic E-state index is 0.00574. The van der Waals surface area contributed by atoms with Crippen LogP contribution in [0.15, 0.2) is 12.1 Å². The van der Waals surface area contributed by atoms with Gasteiger partial charge in [-0.1, -0.05) is 0 Å². The molecule has 0 aliphatic carbocycles. The number of nitro benzene ring substituents is 1. The van der Waals surface area contributed by atoms with Gasteiger partial charge in [-0.15, -0.1) is 0 Å². The topological polar surface area (TPSA) is 104 Å². The Balaban J connectivity index is 2.26. The summed E-state index contributed by atoms with van der Waals surface area (Å²) in [6.45, 7) is 2.27. The van der Waals surface area contributed by atoms with Crippen molar-refractivity contribution in [1.82, 2.24) is 4.90 Å². The second kappa shape index (κ2) is 4.96. The fraction of sp³-hybridized carbons (Fsp3) is 0.462. The first kappa shape index (κ1) is 15.2. The van der Waals surface area contributed by atoms with Crippen molar-refractivity contribution >= 4 is 11.6 Å². The number of nitrogens with zero attached hydrogens (tertiary/aromatic N) is 2. The summed E-state index contributed by atoms with van der Waals surface area (Å²) in [6, 6.07) is 2.13. The van der Waals surface area contributed by atoms with Crippen molar-refractivity contribution in [2.75, 3.05) is 6.54 Å². The molecule has 0 radical (unpaired) electrons. The third-order valence-electron chi connectivity index (χ3n) is 3.42. The van der Waals surface area contributed by atoms with E-state index in [0.717, 1.165) is 17.0 Å². The summed E-state index contributed by atoms with van der Waals surface area (Å²) in [5.41, 5.74) is -1.63. The van der Waals surface area contributed by atoms with Crippen molar-refractivity contribution in [1.29, 1.82) is 0 Å². The largest absolute Gasteiger partial charge is 0.502 e. The van der Waals surface area contributed by atoms with Crippen molar-refractivity contribution in [3.05, 3.63) is 33.4 Å². The number of alkyl halides is 1. The normalized spacial score (nSPS) is 16.0. The Morgan fingerprint density at radius 1 is 1.52 bits per heavy atom. The van der Waals surface area contributed by atoms with E-state index in [2.05, 4.69) is 0 Å². The molecule has 0 bridgehead atoms. The summed E-state index contributed by atoms with van der Waals surface area (Å²) in [7, 11) is 0. The molecule has 0 unspecified atom stereocenters. The maximum atomic E-state index is 13.8. The van der Waals surface area contributed by atoms with Crippen molar-refractivity contribution in [2.45, 2.75) is 32.2 Å². The smallest absolute Gasteiger partial charge is 0.311 e. The molecule has 0 fully saturated rings. The maximum Gasteiger partial charge on any atom is 0.311 e. The molecule has 1 aromatic carbocycles. The minimum Gasteiger partial charge on any atom is -0.502 e. The fourth-order valence-electron chi connectivity index (χ4n) is 2.11. The van der Waals surface area contributed by atoms with Gasteiger partial charge in [-0.05, 0) is 19.4 Å². The second-order valence-corrected chi connectivity index (χ2v) is 5.56. The average Bonchev–Trinajstić information content (AvgIpc) is 2.64. The van der Waals surface area contributed by atoms with Crippen LogP contribution in [0.5, 0.6) is 5.75 Å². The van der Waals surface area contributed by atoms with Gasteiger partial charge in [0.25, 0.3) is 5.91 Å². The molecule has 0 aromatic heterocycles. The summed E-state index contributed by atoms with van der Waals surface area (Å²) in [5, 5.41) is 29.9. The van der Waals surface area contributed by atoms with E-state index < -0.39 is 34.0 Å². The lowest BCUT2D eigenvalue weighted by Gasteiger charge is -2.26. The van der Waals surface area contributed by atoms with Gasteiger partial charge < -0.3 is 15.1 Å². The van der Waals surface area contributed by atoms with Crippen LogP contribution in [-0.4, -0.2) is 44.3 Å². The Hall–Kier alpha value is -2.22. The first-order valence-corrected chi connectivity index (χ1v) is 6.27. The number of aromatic hydroxyl groups is 1. The van der Waals surface area contributed by atoms with Gasteiger partial charge in [0.2, 0.25) is 0 Å². The minimum atomic E-state index is -1.65. The first-order valence-electron chi connectivity index (χ1n) is 6.27. The van der Waals surface area contributed by atoms with Gasteiger partial charge in [0.15, 0.2) is 5.75 Å². The summed E-state index contributed by atoms with van der Waals surface area (Å²) in [6.07, 6.45) is -1.65. The standard InChI is InChI=1S/C13H15FN2O5/c1-13(2,19)11(14)6-15-5-7-3-9(16(20)21)10(17)4-8(7)12(15)18/h3-4,11,17,19H,5-6H2,1-2H3/t11-/m1/s1. The zero-order chi connectivity index (χ0) is 15.9. The highest BCUT2D eigenvalue weighted by atomic mass is 19.1. The Morgan fingerprint density at radius 2 is 2.14 bits per heavy atom. The zero-order valence-electron chi connectivity index (χ0n) is 11.5. The number of carbonyl (C=O) groups excluding carboxylic acids is 1. The van der Waals surface area contributed by atoms with Crippen LogP contribution in [0.25, 0.3) is 0 Å². The predicted molar refractivity (Wildman–Crippen MR) is 70.7 cm³/mol. The molecule has 1 heterocycles. The number of hydrogen-bond donors (Lipinski definition) is 2. The highest BCUT2D eigenvalue weighted by molar-refractivity contribution is 5.99. The van der Waals surface area contributed by atoms with Crippen LogP contribution in [0.4, 0.5) is 10.1 Å². The van der Waals surface area contributed by atoms with Crippen LogP contribution in [-0.2, 0) is 6.54 Å². The molecular formula is C13H15FN2O5. The molecule has 0 saturated heterocycles. The Labute approximate surface area is 119 Å². The molecule has 8 heteroatoms. The molecule has 1 atom stereocenters. The number of nitro groups is 1. The quantitative estimate of drug-likeness (QED) is 0.645. The number of phenols is 1. The van der Waals surface area contributed by atoms with Crippen molar-refractivity contribution in [2.24, 2.45) is 0 Å². The van der Waals surface area contributed by atoms with Gasteiger partial charge >= 0.3 is 5.69 Å². The Morgan fingerprint density at radius 3 is 2.67 bits per heavy atom. The van der Waals surface area contributed by atoms with Crippen LogP contribution < -0.4 is 0 Å². The third-order valence-corrected chi connectivity index (χ3v) is 3.42. The number of hydrogen-bond acceptors (Lipinski definition) is 5. The van der Waals surface area contributed by atoms with Crippen LogP contribution in [0, 0.1) is 10.1 Å². The number of aliphatic hydroxyl groups is 1. The van der Waals surface area contributed by atoms with Gasteiger partial charge in [0, 0.05) is 24.2 Å². The number of halogens is 1. The third kappa shape index (κ3) is 2.80. The van der Waals surface area contributed by atoms with E-state index in [1.165, 1.54) is 13.8 Å². The Kier molecular flexibility index (Phi) is 3.58. The van der Waals surface area contributed by atoms with E-state index in [1.54, 1.807) is 0 Å². The molecule has 2 rings (SSSR count). The van der Waals surface area contributed by atoms with E-state index in [9.17, 15) is 29.5 Å². The number of amides is 1. The van der Waals surface area contributed by atoms with Crippen molar-refractivity contribution in [3.63, 3.8) is 0 Å². The fourth-order valence-corrected chi connectivity index (χ4v) is 2.11. The van der Waals surface area contributed by atoms with Crippen LogP contribution >= 0.6 is 0 Å². The SMILES string of the molecule is CC(C)(O)[C@H](F)CN1Cc2cc([N+](=O)[O-])c(O)cc2C1=O. The summed E-state index contributed by atoms with van der Waals surface area (Å²) in [5.74, 6) is -1.13. The molecule has 0 saturated carbocycles. The maximum absolute atomic E-state index is 13.8. The first-order chi connectivity index (χ1) is 9.61. The summed E-state index contributed by atoms with van der Waals surface area (Å²) in [4.78, 5) is 23.2. The van der Waals surface area contributed by atoms with E-state index in [-0.39, 0.29) is 18.7 Å². The molecule has 0 spiro atoms. The number of carbonyl (C=O) groups is 1. The highest BCUT2D eigenvalue weighted by Gasteiger charge is 2.36. The van der Waals surface area contributed by atoms with E-state index in [1.807, 2.05) is 0 Å². The molecule has 114 valence electrons. The number of rotatable bonds is 4. The van der Waals surface area contributed by atoms with Crippen molar-refractivity contribution < 1.29 is 24.3 Å². The van der Waals surface area contributed by atoms with Crippen molar-refractivity contribution in [3.8, 4) is 5.75 Å². The van der Waals surface area contributed by atoms with E-state index >= 15 is 0 Å². The summed E-state index contributed by atoms with van der Waals surface area (Å²) >= 11 is 0. The van der Waals surface area contributed by atoms with Gasteiger partial charge in [0.1, 0.15) is 6.17 Å². The van der Waals surface area contributed by atoms with Gasteiger partial charge in [-0.3, -0.25) is 14.9 Å². The van der Waals surface area contributed by atoms with Crippen LogP contribution in [0.2, 0.25) is 0 Å². The molecule has 1 aromatic rings. The molecule has 2 N–H and O–H groups in total. The van der Waals surface area contributed by atoms with Gasteiger partial charge in [0.05, 0.1) is 17.1 Å². The molecule has 21 heavy (non-hydrogen) atoms.